The molecule has 1 atom stereocenters. The number of ether oxygens (including phenoxy) is 1. The van der Waals surface area contributed by atoms with Gasteiger partial charge in [0.25, 0.3) is 0 Å². The molecule has 0 saturated carbocycles. The molecule has 0 amide bonds. The van der Waals surface area contributed by atoms with E-state index in [9.17, 15) is 5.26 Å². The maximum atomic E-state index is 9.40. The number of rotatable bonds is 3. The number of hydrogen-bond donors (Lipinski definition) is 4. The van der Waals surface area contributed by atoms with Crippen LogP contribution in [0.2, 0.25) is 5.02 Å². The average molecular weight is 397 g/mol. The fourth-order valence-electron chi connectivity index (χ4n) is 2.90. The molecule has 2 heterocycles. The SMILES string of the molecule is CC(C)Oc1ccc(Cl)cc1C1N=C(NC#N)Nc2nc(N)c(C#N)c(N)c21. The molecule has 0 bridgehead atoms. The van der Waals surface area contributed by atoms with E-state index in [-0.39, 0.29) is 29.1 Å². The molecule has 1 aliphatic rings. The van der Waals surface area contributed by atoms with Gasteiger partial charge in [-0.15, -0.1) is 0 Å². The van der Waals surface area contributed by atoms with Crippen molar-refractivity contribution < 1.29 is 4.74 Å². The molecule has 1 aromatic carbocycles. The molecule has 10 heteroatoms. The zero-order valence-electron chi connectivity index (χ0n) is 15.1. The van der Waals surface area contributed by atoms with Gasteiger partial charge in [-0.1, -0.05) is 11.6 Å². The Balaban J connectivity index is 2.28. The number of fused-ring (bicyclic) bond motifs is 1. The highest BCUT2D eigenvalue weighted by atomic mass is 35.5. The van der Waals surface area contributed by atoms with Gasteiger partial charge in [0.1, 0.15) is 35.1 Å². The Hall–Kier alpha value is -3.69. The molecular formula is C18H17ClN8O. The van der Waals surface area contributed by atoms with Crippen molar-refractivity contribution in [3.63, 3.8) is 0 Å². The zero-order valence-corrected chi connectivity index (χ0v) is 15.9. The predicted octanol–water partition coefficient (Wildman–Crippen LogP) is 2.50. The van der Waals surface area contributed by atoms with Crippen molar-refractivity contribution >= 4 is 34.9 Å². The third kappa shape index (κ3) is 3.43. The molecule has 1 unspecified atom stereocenters. The molecule has 1 aromatic heterocycles. The van der Waals surface area contributed by atoms with E-state index >= 15 is 0 Å². The molecule has 6 N–H and O–H groups in total. The number of aliphatic imine (C=N–C) groups is 1. The summed E-state index contributed by atoms with van der Waals surface area (Å²) in [5.74, 6) is 0.980. The minimum Gasteiger partial charge on any atom is -0.491 e. The molecule has 1 aliphatic heterocycles. The van der Waals surface area contributed by atoms with Crippen LogP contribution < -0.4 is 26.8 Å². The first-order chi connectivity index (χ1) is 13.3. The second kappa shape index (κ2) is 7.51. The molecule has 2 aromatic rings. The Morgan fingerprint density at radius 1 is 1.32 bits per heavy atom. The first kappa shape index (κ1) is 19.1. The largest absolute Gasteiger partial charge is 0.491 e. The van der Waals surface area contributed by atoms with E-state index in [0.717, 1.165) is 0 Å². The summed E-state index contributed by atoms with van der Waals surface area (Å²) < 4.78 is 5.90. The van der Waals surface area contributed by atoms with E-state index < -0.39 is 6.04 Å². The highest BCUT2D eigenvalue weighted by Gasteiger charge is 2.31. The Kier molecular flexibility index (Phi) is 5.12. The van der Waals surface area contributed by atoms with Crippen LogP contribution in [-0.2, 0) is 0 Å². The van der Waals surface area contributed by atoms with Crippen LogP contribution in [0.15, 0.2) is 23.2 Å². The fourth-order valence-corrected chi connectivity index (χ4v) is 3.08. The summed E-state index contributed by atoms with van der Waals surface area (Å²) in [5, 5.41) is 24.2. The van der Waals surface area contributed by atoms with E-state index in [1.54, 1.807) is 18.2 Å². The van der Waals surface area contributed by atoms with Crippen molar-refractivity contribution in [1.82, 2.24) is 10.3 Å². The van der Waals surface area contributed by atoms with Crippen LogP contribution in [0.1, 0.15) is 36.6 Å². The number of anilines is 3. The smallest absolute Gasteiger partial charge is 0.211 e. The van der Waals surface area contributed by atoms with Gasteiger partial charge < -0.3 is 21.5 Å². The van der Waals surface area contributed by atoms with Gasteiger partial charge in [-0.3, -0.25) is 5.32 Å². The number of pyridine rings is 1. The lowest BCUT2D eigenvalue weighted by atomic mass is 9.94. The Morgan fingerprint density at radius 3 is 2.71 bits per heavy atom. The zero-order chi connectivity index (χ0) is 20.4. The van der Waals surface area contributed by atoms with Crippen LogP contribution in [0.5, 0.6) is 5.75 Å². The van der Waals surface area contributed by atoms with E-state index in [1.807, 2.05) is 26.1 Å². The van der Waals surface area contributed by atoms with Crippen LogP contribution >= 0.6 is 11.6 Å². The van der Waals surface area contributed by atoms with Gasteiger partial charge in [0.15, 0.2) is 6.19 Å². The van der Waals surface area contributed by atoms with Gasteiger partial charge in [0.2, 0.25) is 5.96 Å². The molecule has 0 radical (unpaired) electrons. The first-order valence-corrected chi connectivity index (χ1v) is 8.68. The van der Waals surface area contributed by atoms with Gasteiger partial charge in [-0.25, -0.2) is 9.98 Å². The van der Waals surface area contributed by atoms with Crippen molar-refractivity contribution in [2.75, 3.05) is 16.8 Å². The summed E-state index contributed by atoms with van der Waals surface area (Å²) in [6, 6.07) is 6.38. The summed E-state index contributed by atoms with van der Waals surface area (Å²) in [5.41, 5.74) is 13.4. The summed E-state index contributed by atoms with van der Waals surface area (Å²) in [7, 11) is 0. The maximum absolute atomic E-state index is 9.40. The van der Waals surface area contributed by atoms with Crippen LogP contribution in [0, 0.1) is 22.8 Å². The number of nitriles is 2. The third-order valence-electron chi connectivity index (χ3n) is 3.99. The third-order valence-corrected chi connectivity index (χ3v) is 4.22. The molecular weight excluding hydrogens is 380 g/mol. The number of halogens is 1. The second-order valence-electron chi connectivity index (χ2n) is 6.25. The first-order valence-electron chi connectivity index (χ1n) is 8.30. The minimum absolute atomic E-state index is 0.0204. The maximum Gasteiger partial charge on any atom is 0.211 e. The van der Waals surface area contributed by atoms with Crippen molar-refractivity contribution in [2.45, 2.75) is 26.0 Å². The molecule has 0 aliphatic carbocycles. The number of aromatic nitrogens is 1. The number of nitrogens with zero attached hydrogens (tertiary/aromatic N) is 4. The highest BCUT2D eigenvalue weighted by Crippen LogP contribution is 2.43. The molecule has 0 spiro atoms. The monoisotopic (exact) mass is 396 g/mol. The molecule has 3 rings (SSSR count). The standard InChI is InChI=1S/C18H17ClN8O/c1-8(2)28-12-4-3-9(19)5-10(12)15-13-14(22)11(6-20)16(23)26-17(13)27-18(25-15)24-7-21/h3-5,8,15H,1-2H3,(H6,22,23,24,25,26,27). The van der Waals surface area contributed by atoms with Crippen molar-refractivity contribution in [3.8, 4) is 18.0 Å². The average Bonchev–Trinajstić information content (AvgIpc) is 2.62. The molecule has 28 heavy (non-hydrogen) atoms. The quantitative estimate of drug-likeness (QED) is 0.455. The molecule has 0 saturated heterocycles. The van der Waals surface area contributed by atoms with Crippen LogP contribution in [0.25, 0.3) is 0 Å². The Bertz CT molecular complexity index is 1050. The summed E-state index contributed by atoms with van der Waals surface area (Å²) in [6.45, 7) is 3.79. The van der Waals surface area contributed by atoms with Crippen LogP contribution in [-0.4, -0.2) is 17.0 Å². The number of nitrogens with two attached hydrogens (primary N) is 2. The van der Waals surface area contributed by atoms with Gasteiger partial charge in [-0.2, -0.15) is 10.5 Å². The van der Waals surface area contributed by atoms with E-state index in [1.165, 1.54) is 0 Å². The lowest BCUT2D eigenvalue weighted by Gasteiger charge is -2.27. The summed E-state index contributed by atoms with van der Waals surface area (Å²) in [6.07, 6.45) is 1.71. The van der Waals surface area contributed by atoms with Gasteiger partial charge in [-0.05, 0) is 32.0 Å². The topological polar surface area (TPSA) is 158 Å². The number of hydrogen-bond acceptors (Lipinski definition) is 9. The minimum atomic E-state index is -0.722. The van der Waals surface area contributed by atoms with Crippen LogP contribution in [0.3, 0.4) is 0 Å². The predicted molar refractivity (Wildman–Crippen MR) is 107 cm³/mol. The van der Waals surface area contributed by atoms with E-state index in [4.69, 9.17) is 33.1 Å². The highest BCUT2D eigenvalue weighted by molar-refractivity contribution is 6.30. The van der Waals surface area contributed by atoms with E-state index in [0.29, 0.717) is 27.7 Å². The molecule has 9 nitrogen and oxygen atoms in total. The van der Waals surface area contributed by atoms with Gasteiger partial charge in [0, 0.05) is 16.1 Å². The van der Waals surface area contributed by atoms with Crippen molar-refractivity contribution in [3.05, 3.63) is 39.9 Å². The van der Waals surface area contributed by atoms with E-state index in [2.05, 4.69) is 20.6 Å². The van der Waals surface area contributed by atoms with Crippen LogP contribution in [0.4, 0.5) is 17.3 Å². The number of nitrogen functional groups attached to an aromatic ring is 2. The normalized spacial score (nSPS) is 14.9. The second-order valence-corrected chi connectivity index (χ2v) is 6.69. The number of benzene rings is 1. The van der Waals surface area contributed by atoms with Gasteiger partial charge >= 0.3 is 0 Å². The lowest BCUT2D eigenvalue weighted by molar-refractivity contribution is 0.239. The van der Waals surface area contributed by atoms with Crippen molar-refractivity contribution in [1.29, 1.82) is 10.5 Å². The fraction of sp³-hybridized carbons (Fsp3) is 0.222. The summed E-state index contributed by atoms with van der Waals surface area (Å²) in [4.78, 5) is 8.75. The molecule has 142 valence electrons. The Labute approximate surface area is 166 Å². The Morgan fingerprint density at radius 2 is 2.07 bits per heavy atom. The van der Waals surface area contributed by atoms with Crippen molar-refractivity contribution in [2.24, 2.45) is 4.99 Å². The lowest BCUT2D eigenvalue weighted by Crippen LogP contribution is -2.33. The molecule has 0 fully saturated rings. The number of guanidine groups is 1. The summed E-state index contributed by atoms with van der Waals surface area (Å²) >= 11 is 6.21. The number of nitrogens with one attached hydrogen (secondary N) is 2. The van der Waals surface area contributed by atoms with Gasteiger partial charge in [0.05, 0.1) is 11.8 Å².